The van der Waals surface area contributed by atoms with Gasteiger partial charge in [-0.3, -0.25) is 4.57 Å². The highest BCUT2D eigenvalue weighted by atomic mass is 32.2. The molecule has 0 radical (unpaired) electrons. The predicted molar refractivity (Wildman–Crippen MR) is 174 cm³/mol. The number of nitrogen functional groups attached to an aromatic ring is 1. The lowest BCUT2D eigenvalue weighted by atomic mass is 10.0. The number of anilines is 1. The number of aromatic nitrogens is 4. The second-order valence-corrected chi connectivity index (χ2v) is 12.6. The standard InChI is InChI=1S/C32H47N5O8S/c1-3-5-6-7-8-9-13-21(12-4-2)44-31(42)22-14-10-11-15-23(22)43-17-20(39)18-46-32-36-25-28(33)34-19-35-29(25)37(32)30-27(41)26(40)24(16-38)45-30/h10-11,14-15,19-21,24,26-27,30,38-41H,3-9,12-13,16-18H2,1-2H3,(H2,33,34,35)/t20?,21?,24-,26-,27-,30-/m1/s1. The Balaban J connectivity index is 1.37. The first-order chi connectivity index (χ1) is 22.3. The van der Waals surface area contributed by atoms with Crippen molar-refractivity contribution in [2.45, 2.75) is 114 Å². The number of ether oxygens (including phenoxy) is 3. The molecular formula is C32H47N5O8S. The van der Waals surface area contributed by atoms with E-state index in [2.05, 4.69) is 28.8 Å². The average molecular weight is 662 g/mol. The van der Waals surface area contributed by atoms with E-state index in [9.17, 15) is 25.2 Å². The molecule has 0 amide bonds. The minimum absolute atomic E-state index is 0.106. The Bertz CT molecular complexity index is 1390. The number of aliphatic hydroxyl groups is 4. The van der Waals surface area contributed by atoms with Crippen LogP contribution in [0.15, 0.2) is 35.7 Å². The third-order valence-corrected chi connectivity index (χ3v) is 9.05. The Hall–Kier alpha value is -3.01. The number of rotatable bonds is 19. The Kier molecular flexibility index (Phi) is 13.9. The second-order valence-electron chi connectivity index (χ2n) is 11.6. The number of thioether (sulfide) groups is 1. The van der Waals surface area contributed by atoms with Crippen molar-refractivity contribution in [1.29, 1.82) is 0 Å². The van der Waals surface area contributed by atoms with E-state index in [-0.39, 0.29) is 35.4 Å². The number of para-hydroxylation sites is 1. The smallest absolute Gasteiger partial charge is 0.342 e. The molecule has 0 spiro atoms. The van der Waals surface area contributed by atoms with Crippen LogP contribution in [0.4, 0.5) is 5.82 Å². The third kappa shape index (κ3) is 9.07. The molecule has 6 atom stereocenters. The van der Waals surface area contributed by atoms with Gasteiger partial charge in [-0.1, -0.05) is 76.3 Å². The summed E-state index contributed by atoms with van der Waals surface area (Å²) in [5, 5.41) is 41.7. The molecule has 0 saturated carbocycles. The van der Waals surface area contributed by atoms with Gasteiger partial charge >= 0.3 is 5.97 Å². The van der Waals surface area contributed by atoms with E-state index in [1.807, 2.05) is 0 Å². The summed E-state index contributed by atoms with van der Waals surface area (Å²) in [4.78, 5) is 25.9. The van der Waals surface area contributed by atoms with Gasteiger partial charge in [0.1, 0.15) is 48.7 Å². The Morgan fingerprint density at radius 3 is 2.57 bits per heavy atom. The third-order valence-electron chi connectivity index (χ3n) is 7.95. The van der Waals surface area contributed by atoms with Crippen molar-refractivity contribution in [3.05, 3.63) is 36.2 Å². The van der Waals surface area contributed by atoms with Crippen LogP contribution < -0.4 is 10.5 Å². The first-order valence-electron chi connectivity index (χ1n) is 16.1. The van der Waals surface area contributed by atoms with E-state index < -0.39 is 43.2 Å². The molecule has 3 heterocycles. The summed E-state index contributed by atoms with van der Waals surface area (Å²) < 4.78 is 19.0. The molecule has 13 nitrogen and oxygen atoms in total. The zero-order chi connectivity index (χ0) is 33.1. The van der Waals surface area contributed by atoms with Crippen LogP contribution in [0.3, 0.4) is 0 Å². The first kappa shape index (κ1) is 35.8. The van der Waals surface area contributed by atoms with Gasteiger partial charge in [0.2, 0.25) is 0 Å². The van der Waals surface area contributed by atoms with Gasteiger partial charge in [-0.15, -0.1) is 0 Å². The van der Waals surface area contributed by atoms with Gasteiger partial charge < -0.3 is 40.4 Å². The predicted octanol–water partition coefficient (Wildman–Crippen LogP) is 3.63. The van der Waals surface area contributed by atoms with Gasteiger partial charge in [-0.05, 0) is 31.4 Å². The lowest BCUT2D eigenvalue weighted by Gasteiger charge is -2.20. The molecule has 3 aromatic rings. The minimum atomic E-state index is -1.38. The van der Waals surface area contributed by atoms with Crippen molar-refractivity contribution >= 4 is 34.7 Å². The van der Waals surface area contributed by atoms with Crippen molar-refractivity contribution in [2.75, 3.05) is 24.7 Å². The minimum Gasteiger partial charge on any atom is -0.490 e. The highest BCUT2D eigenvalue weighted by Crippen LogP contribution is 2.36. The van der Waals surface area contributed by atoms with Crippen LogP contribution >= 0.6 is 11.8 Å². The number of nitrogens with zero attached hydrogens (tertiary/aromatic N) is 4. The molecule has 1 aliphatic rings. The fourth-order valence-electron chi connectivity index (χ4n) is 5.45. The highest BCUT2D eigenvalue weighted by molar-refractivity contribution is 7.99. The fourth-order valence-corrected chi connectivity index (χ4v) is 6.37. The Morgan fingerprint density at radius 1 is 1.07 bits per heavy atom. The summed E-state index contributed by atoms with van der Waals surface area (Å²) in [6, 6.07) is 6.82. The molecule has 2 unspecified atom stereocenters. The van der Waals surface area contributed by atoms with Gasteiger partial charge in [0, 0.05) is 5.75 Å². The van der Waals surface area contributed by atoms with Gasteiger partial charge in [0.05, 0.1) is 12.7 Å². The molecule has 1 aromatic carbocycles. The maximum absolute atomic E-state index is 13.2. The highest BCUT2D eigenvalue weighted by Gasteiger charge is 2.45. The summed E-state index contributed by atoms with van der Waals surface area (Å²) in [7, 11) is 0. The fraction of sp³-hybridized carbons (Fsp3) is 0.625. The zero-order valence-corrected chi connectivity index (χ0v) is 27.3. The largest absolute Gasteiger partial charge is 0.490 e. The number of nitrogens with two attached hydrogens (primary N) is 1. The Morgan fingerprint density at radius 2 is 1.83 bits per heavy atom. The summed E-state index contributed by atoms with van der Waals surface area (Å²) in [5.74, 6) is 0.0790. The van der Waals surface area contributed by atoms with Crippen molar-refractivity contribution in [1.82, 2.24) is 19.5 Å². The monoisotopic (exact) mass is 661 g/mol. The molecule has 0 aliphatic carbocycles. The maximum atomic E-state index is 13.2. The van der Waals surface area contributed by atoms with Crippen molar-refractivity contribution in [3.63, 3.8) is 0 Å². The molecule has 1 aliphatic heterocycles. The average Bonchev–Trinajstić information content (AvgIpc) is 3.57. The number of carbonyl (C=O) groups excluding carboxylic acids is 1. The van der Waals surface area contributed by atoms with E-state index >= 15 is 0 Å². The molecule has 2 aromatic heterocycles. The lowest BCUT2D eigenvalue weighted by Crippen LogP contribution is -2.33. The van der Waals surface area contributed by atoms with Crippen LogP contribution in [0.25, 0.3) is 11.2 Å². The SMILES string of the molecule is CCCCCCCCC(CCC)OC(=O)c1ccccc1OCC(O)CSc1nc2c(N)ncnc2n1[C@@H]1O[C@H](CO)[C@@H](O)[C@H]1O. The van der Waals surface area contributed by atoms with Crippen LogP contribution in [-0.4, -0.2) is 95.4 Å². The molecule has 6 N–H and O–H groups in total. The van der Waals surface area contributed by atoms with Crippen molar-refractivity contribution in [2.24, 2.45) is 0 Å². The number of carbonyl (C=O) groups is 1. The van der Waals surface area contributed by atoms with Crippen molar-refractivity contribution in [3.8, 4) is 5.75 Å². The maximum Gasteiger partial charge on any atom is 0.342 e. The normalized spacial score (nSPS) is 21.0. The van der Waals surface area contributed by atoms with Gasteiger partial charge in [-0.25, -0.2) is 19.7 Å². The summed E-state index contributed by atoms with van der Waals surface area (Å²) in [6.45, 7) is 3.66. The summed E-state index contributed by atoms with van der Waals surface area (Å²) >= 11 is 1.13. The van der Waals surface area contributed by atoms with Crippen LogP contribution in [-0.2, 0) is 9.47 Å². The van der Waals surface area contributed by atoms with E-state index in [0.29, 0.717) is 16.5 Å². The van der Waals surface area contributed by atoms with Crippen LogP contribution in [0.2, 0.25) is 0 Å². The topological polar surface area (TPSA) is 195 Å². The van der Waals surface area contributed by atoms with E-state index in [4.69, 9.17) is 19.9 Å². The zero-order valence-electron chi connectivity index (χ0n) is 26.5. The molecule has 46 heavy (non-hydrogen) atoms. The summed E-state index contributed by atoms with van der Waals surface area (Å²) in [6.07, 6.45) is 4.85. The molecule has 4 rings (SSSR count). The van der Waals surface area contributed by atoms with Crippen LogP contribution in [0.5, 0.6) is 5.75 Å². The molecule has 14 heteroatoms. The Labute approximate surface area is 273 Å². The number of aliphatic hydroxyl groups excluding tert-OH is 4. The number of imidazole rings is 1. The summed E-state index contributed by atoms with van der Waals surface area (Å²) in [5.41, 5.74) is 6.84. The van der Waals surface area contributed by atoms with Gasteiger partial charge in [-0.2, -0.15) is 0 Å². The first-order valence-corrected chi connectivity index (χ1v) is 17.1. The number of unbranched alkanes of at least 4 members (excludes halogenated alkanes) is 5. The molecule has 1 saturated heterocycles. The van der Waals surface area contributed by atoms with Crippen LogP contribution in [0, 0.1) is 0 Å². The number of benzene rings is 1. The van der Waals surface area contributed by atoms with Crippen molar-refractivity contribution < 1.29 is 39.4 Å². The number of esters is 1. The molecule has 254 valence electrons. The molecule has 0 bridgehead atoms. The van der Waals surface area contributed by atoms with Crippen LogP contribution in [0.1, 0.15) is 88.2 Å². The number of hydrogen-bond donors (Lipinski definition) is 5. The van der Waals surface area contributed by atoms with Gasteiger partial charge in [0.15, 0.2) is 28.4 Å². The number of fused-ring (bicyclic) bond motifs is 1. The molecular weight excluding hydrogens is 614 g/mol. The van der Waals surface area contributed by atoms with E-state index in [1.54, 1.807) is 24.3 Å². The quantitative estimate of drug-likeness (QED) is 0.0711. The second kappa shape index (κ2) is 17.8. The van der Waals surface area contributed by atoms with E-state index in [0.717, 1.165) is 43.9 Å². The van der Waals surface area contributed by atoms with E-state index in [1.165, 1.54) is 36.6 Å². The number of hydrogen-bond acceptors (Lipinski definition) is 13. The molecule has 1 fully saturated rings. The van der Waals surface area contributed by atoms with Gasteiger partial charge in [0.25, 0.3) is 0 Å². The lowest BCUT2D eigenvalue weighted by molar-refractivity contribution is -0.0548.